The molecule has 238 valence electrons. The van der Waals surface area contributed by atoms with Crippen molar-refractivity contribution in [3.63, 3.8) is 0 Å². The predicted octanol–water partition coefficient (Wildman–Crippen LogP) is 7.39. The summed E-state index contributed by atoms with van der Waals surface area (Å²) in [7, 11) is 1.93. The van der Waals surface area contributed by atoms with Crippen molar-refractivity contribution < 1.29 is 14.3 Å². The van der Waals surface area contributed by atoms with Crippen molar-refractivity contribution >= 4 is 34.3 Å². The van der Waals surface area contributed by atoms with Crippen molar-refractivity contribution in [3.8, 4) is 22.9 Å². The van der Waals surface area contributed by atoms with Crippen LogP contribution in [0.3, 0.4) is 0 Å². The zero-order valence-electron chi connectivity index (χ0n) is 27.2. The maximum atomic E-state index is 12.7. The number of likely N-dealkylation sites (tertiary alicyclic amines) is 1. The van der Waals surface area contributed by atoms with Gasteiger partial charge in [0, 0.05) is 66.8 Å². The Bertz CT molecular complexity index is 1860. The first kappa shape index (κ1) is 30.8. The van der Waals surface area contributed by atoms with E-state index in [1.165, 1.54) is 0 Å². The standard InChI is InChI=1S/C35H40N8O3/c1-22-14-15-25-26(11-7-13-28(25)39-30-20-23(2)42(6)41-30)31(22)45-32-27(12-8-17-36-32)29-16-18-37-33(40-29)38-24-10-9-19-43(21-24)34(44)46-35(3,4)5/h7-8,11-18,20,24H,9-10,19,21H2,1-6H3,(H,39,41)(H,37,38,40)/t24-/m0/s1. The smallest absolute Gasteiger partial charge is 0.410 e. The average molecular weight is 621 g/mol. The number of nitrogens with zero attached hydrogens (tertiary/aromatic N) is 6. The highest BCUT2D eigenvalue weighted by Crippen LogP contribution is 2.39. The average Bonchev–Trinajstić information content (AvgIpc) is 3.34. The van der Waals surface area contributed by atoms with Crippen LogP contribution in [-0.2, 0) is 11.8 Å². The van der Waals surface area contributed by atoms with Gasteiger partial charge in [0.1, 0.15) is 11.4 Å². The van der Waals surface area contributed by atoms with Gasteiger partial charge in [-0.3, -0.25) is 4.68 Å². The fraction of sp³-hybridized carbons (Fsp3) is 0.343. The first-order valence-corrected chi connectivity index (χ1v) is 15.5. The van der Waals surface area contributed by atoms with E-state index in [4.69, 9.17) is 14.5 Å². The molecule has 6 rings (SSSR count). The van der Waals surface area contributed by atoms with Gasteiger partial charge in [-0.1, -0.05) is 24.3 Å². The van der Waals surface area contributed by atoms with Crippen LogP contribution in [0.5, 0.6) is 11.6 Å². The molecule has 0 unspecified atom stereocenters. The van der Waals surface area contributed by atoms with E-state index < -0.39 is 5.60 Å². The number of fused-ring (bicyclic) bond motifs is 1. The Morgan fingerprint density at radius 3 is 2.63 bits per heavy atom. The number of carbonyl (C=O) groups excluding carboxylic acids is 1. The molecule has 5 aromatic rings. The van der Waals surface area contributed by atoms with Crippen LogP contribution in [-0.4, -0.2) is 60.5 Å². The lowest BCUT2D eigenvalue weighted by Crippen LogP contribution is -2.47. The lowest BCUT2D eigenvalue weighted by Gasteiger charge is -2.34. The van der Waals surface area contributed by atoms with Crippen molar-refractivity contribution in [2.24, 2.45) is 7.05 Å². The van der Waals surface area contributed by atoms with Gasteiger partial charge in [-0.25, -0.2) is 19.7 Å². The fourth-order valence-electron chi connectivity index (χ4n) is 5.56. The van der Waals surface area contributed by atoms with Crippen molar-refractivity contribution in [3.05, 3.63) is 78.2 Å². The molecule has 0 aliphatic carbocycles. The number of aromatic nitrogens is 5. The number of hydrogen-bond donors (Lipinski definition) is 2. The zero-order valence-corrected chi connectivity index (χ0v) is 27.2. The molecule has 1 amide bonds. The molecule has 1 saturated heterocycles. The molecule has 2 aromatic carbocycles. The van der Waals surface area contributed by atoms with Crippen LogP contribution in [0.25, 0.3) is 22.0 Å². The second kappa shape index (κ2) is 12.7. The highest BCUT2D eigenvalue weighted by atomic mass is 16.6. The summed E-state index contributed by atoms with van der Waals surface area (Å²) in [6.45, 7) is 10.9. The minimum absolute atomic E-state index is 0.00252. The lowest BCUT2D eigenvalue weighted by atomic mass is 10.0. The molecule has 1 aliphatic rings. The highest BCUT2D eigenvalue weighted by Gasteiger charge is 2.28. The summed E-state index contributed by atoms with van der Waals surface area (Å²) in [5.41, 5.74) is 3.84. The third kappa shape index (κ3) is 6.88. The van der Waals surface area contributed by atoms with Crippen molar-refractivity contribution in [1.29, 1.82) is 0 Å². The van der Waals surface area contributed by atoms with Gasteiger partial charge in [0.15, 0.2) is 5.82 Å². The maximum absolute atomic E-state index is 12.7. The molecule has 11 nitrogen and oxygen atoms in total. The summed E-state index contributed by atoms with van der Waals surface area (Å²) in [5.74, 6) is 2.41. The molecule has 0 bridgehead atoms. The van der Waals surface area contributed by atoms with Gasteiger partial charge in [-0.2, -0.15) is 5.10 Å². The van der Waals surface area contributed by atoms with Crippen LogP contribution in [0.15, 0.2) is 67.0 Å². The first-order valence-electron chi connectivity index (χ1n) is 15.5. The van der Waals surface area contributed by atoms with E-state index in [2.05, 4.69) is 31.8 Å². The van der Waals surface area contributed by atoms with E-state index in [1.54, 1.807) is 17.3 Å². The van der Waals surface area contributed by atoms with E-state index in [9.17, 15) is 4.79 Å². The molecule has 1 atom stereocenters. The molecule has 0 radical (unpaired) electrons. The van der Waals surface area contributed by atoms with Gasteiger partial charge in [0.05, 0.1) is 11.3 Å². The van der Waals surface area contributed by atoms with Crippen molar-refractivity contribution in [2.75, 3.05) is 23.7 Å². The van der Waals surface area contributed by atoms with Crippen molar-refractivity contribution in [2.45, 2.75) is 59.1 Å². The molecule has 0 saturated carbocycles. The second-order valence-electron chi connectivity index (χ2n) is 12.7. The molecule has 3 aromatic heterocycles. The molecule has 46 heavy (non-hydrogen) atoms. The molecule has 11 heteroatoms. The van der Waals surface area contributed by atoms with Crippen LogP contribution in [0.1, 0.15) is 44.9 Å². The lowest BCUT2D eigenvalue weighted by molar-refractivity contribution is 0.0206. The molecule has 1 fully saturated rings. The summed E-state index contributed by atoms with van der Waals surface area (Å²) in [6.07, 6.45) is 4.88. The summed E-state index contributed by atoms with van der Waals surface area (Å²) >= 11 is 0. The Hall–Kier alpha value is -5.19. The number of carbonyl (C=O) groups is 1. The third-order valence-corrected chi connectivity index (χ3v) is 7.89. The van der Waals surface area contributed by atoms with E-state index in [1.807, 2.05) is 94.9 Å². The summed E-state index contributed by atoms with van der Waals surface area (Å²) in [6, 6.07) is 17.9. The molecule has 2 N–H and O–H groups in total. The van der Waals surface area contributed by atoms with Gasteiger partial charge in [0.25, 0.3) is 0 Å². The summed E-state index contributed by atoms with van der Waals surface area (Å²) in [5, 5.41) is 13.4. The number of piperidine rings is 1. The largest absolute Gasteiger partial charge is 0.444 e. The summed E-state index contributed by atoms with van der Waals surface area (Å²) in [4.78, 5) is 28.3. The number of rotatable bonds is 7. The molecule has 1 aliphatic heterocycles. The van der Waals surface area contributed by atoms with Crippen LogP contribution < -0.4 is 15.4 Å². The number of ether oxygens (including phenoxy) is 2. The Labute approximate surface area is 269 Å². The van der Waals surface area contributed by atoms with Gasteiger partial charge in [0.2, 0.25) is 11.8 Å². The van der Waals surface area contributed by atoms with E-state index in [-0.39, 0.29) is 12.1 Å². The number of hydrogen-bond acceptors (Lipinski definition) is 9. The van der Waals surface area contributed by atoms with Gasteiger partial charge < -0.3 is 25.0 Å². The third-order valence-electron chi connectivity index (χ3n) is 7.89. The minimum Gasteiger partial charge on any atom is -0.444 e. The van der Waals surface area contributed by atoms with Crippen LogP contribution in [0, 0.1) is 13.8 Å². The number of benzene rings is 2. The normalized spacial score (nSPS) is 15.1. The Morgan fingerprint density at radius 1 is 1.00 bits per heavy atom. The van der Waals surface area contributed by atoms with E-state index in [0.717, 1.165) is 57.7 Å². The first-order chi connectivity index (χ1) is 22.0. The number of amides is 1. The SMILES string of the molecule is Cc1ccc2c(Nc3cc(C)n(C)n3)cccc2c1Oc1ncccc1-c1ccnc(N[C@H]2CCCN(C(=O)OC(C)(C)C)C2)n1. The number of nitrogens with one attached hydrogen (secondary N) is 2. The van der Waals surface area contributed by atoms with Crippen LogP contribution in [0.4, 0.5) is 22.2 Å². The quantitative estimate of drug-likeness (QED) is 0.192. The van der Waals surface area contributed by atoms with Crippen molar-refractivity contribution in [1.82, 2.24) is 29.6 Å². The van der Waals surface area contributed by atoms with E-state index in [0.29, 0.717) is 30.6 Å². The van der Waals surface area contributed by atoms with Gasteiger partial charge in [-0.15, -0.1) is 0 Å². The topological polar surface area (TPSA) is 119 Å². The predicted molar refractivity (Wildman–Crippen MR) is 180 cm³/mol. The molecule has 4 heterocycles. The monoisotopic (exact) mass is 620 g/mol. The number of pyridine rings is 1. The van der Waals surface area contributed by atoms with Gasteiger partial charge >= 0.3 is 6.09 Å². The molecular formula is C35H40N8O3. The Morgan fingerprint density at radius 2 is 1.85 bits per heavy atom. The van der Waals surface area contributed by atoms with Crippen LogP contribution >= 0.6 is 0 Å². The van der Waals surface area contributed by atoms with E-state index >= 15 is 0 Å². The number of aryl methyl sites for hydroxylation is 3. The second-order valence-corrected chi connectivity index (χ2v) is 12.7. The minimum atomic E-state index is -0.541. The van der Waals surface area contributed by atoms with Crippen LogP contribution in [0.2, 0.25) is 0 Å². The molecular weight excluding hydrogens is 580 g/mol. The Balaban J connectivity index is 1.24. The Kier molecular flexibility index (Phi) is 8.48. The summed E-state index contributed by atoms with van der Waals surface area (Å²) < 4.78 is 14.0. The zero-order chi connectivity index (χ0) is 32.4. The van der Waals surface area contributed by atoms with Gasteiger partial charge in [-0.05, 0) is 77.3 Å². The molecule has 0 spiro atoms. The number of anilines is 3. The highest BCUT2D eigenvalue weighted by molar-refractivity contribution is 5.99. The maximum Gasteiger partial charge on any atom is 0.410 e. The fourth-order valence-corrected chi connectivity index (χ4v) is 5.56.